The Morgan fingerprint density at radius 3 is 2.64 bits per heavy atom. The normalized spacial score (nSPS) is 10.4. The van der Waals surface area contributed by atoms with E-state index in [-0.39, 0.29) is 0 Å². The van der Waals surface area contributed by atoms with Gasteiger partial charge in [0.15, 0.2) is 0 Å². The van der Waals surface area contributed by atoms with E-state index in [4.69, 9.17) is 0 Å². The van der Waals surface area contributed by atoms with E-state index in [2.05, 4.69) is 49.0 Å². The van der Waals surface area contributed by atoms with Crippen molar-refractivity contribution in [2.45, 2.75) is 32.7 Å². The number of nitrogens with one attached hydrogen (secondary N) is 1. The molecule has 0 saturated carbocycles. The Kier molecular flexibility index (Phi) is 6.09. The topological polar surface area (TPSA) is 12.0 Å². The highest BCUT2D eigenvalue weighted by Crippen LogP contribution is 1.99. The standard InChI is InChI=1S/C13H20N/c1-2-3-4-8-11-14-12-13-9-6-5-7-10-13/h2,5-7,9-10,14H,3-4,8,11-12H2,1H3. The van der Waals surface area contributed by atoms with Gasteiger partial charge in [0.2, 0.25) is 0 Å². The van der Waals surface area contributed by atoms with Crippen molar-refractivity contribution >= 4 is 0 Å². The van der Waals surface area contributed by atoms with Gasteiger partial charge in [-0.05, 0) is 24.9 Å². The van der Waals surface area contributed by atoms with Crippen LogP contribution in [0.3, 0.4) is 0 Å². The predicted octanol–water partition coefficient (Wildman–Crippen LogP) is 3.17. The van der Waals surface area contributed by atoms with E-state index in [1.807, 2.05) is 0 Å². The summed E-state index contributed by atoms with van der Waals surface area (Å²) in [6.07, 6.45) is 6.06. The van der Waals surface area contributed by atoms with Crippen LogP contribution >= 0.6 is 0 Å². The van der Waals surface area contributed by atoms with Crippen molar-refractivity contribution < 1.29 is 0 Å². The van der Waals surface area contributed by atoms with E-state index in [0.717, 1.165) is 13.1 Å². The van der Waals surface area contributed by atoms with Crippen LogP contribution in [0.25, 0.3) is 0 Å². The Bertz CT molecular complexity index is 218. The first-order valence-electron chi connectivity index (χ1n) is 5.46. The number of benzene rings is 1. The summed E-state index contributed by atoms with van der Waals surface area (Å²) < 4.78 is 0. The zero-order valence-electron chi connectivity index (χ0n) is 9.00. The molecule has 1 rings (SSSR count). The third kappa shape index (κ3) is 5.03. The number of hydrogen-bond donors (Lipinski definition) is 1. The van der Waals surface area contributed by atoms with Gasteiger partial charge in [-0.2, -0.15) is 0 Å². The highest BCUT2D eigenvalue weighted by Gasteiger charge is 1.90. The molecule has 1 radical (unpaired) electrons. The summed E-state index contributed by atoms with van der Waals surface area (Å²) in [6, 6.07) is 10.5. The smallest absolute Gasteiger partial charge is 0.0205 e. The third-order valence-corrected chi connectivity index (χ3v) is 2.27. The Balaban J connectivity index is 1.99. The van der Waals surface area contributed by atoms with Crippen LogP contribution in [0.15, 0.2) is 30.3 Å². The maximum Gasteiger partial charge on any atom is 0.0205 e. The van der Waals surface area contributed by atoms with Crippen LogP contribution in [0.1, 0.15) is 31.7 Å². The Labute approximate surface area is 87.5 Å². The Hall–Kier alpha value is -0.820. The van der Waals surface area contributed by atoms with Crippen molar-refractivity contribution in [3.8, 4) is 0 Å². The summed E-state index contributed by atoms with van der Waals surface area (Å²) in [7, 11) is 0. The lowest BCUT2D eigenvalue weighted by atomic mass is 10.2. The summed E-state index contributed by atoms with van der Waals surface area (Å²) >= 11 is 0. The summed E-state index contributed by atoms with van der Waals surface area (Å²) in [6.45, 7) is 4.25. The summed E-state index contributed by atoms with van der Waals surface area (Å²) in [5.41, 5.74) is 1.37. The lowest BCUT2D eigenvalue weighted by Gasteiger charge is -2.03. The van der Waals surface area contributed by atoms with Gasteiger partial charge >= 0.3 is 0 Å². The van der Waals surface area contributed by atoms with Crippen molar-refractivity contribution in [3.05, 3.63) is 42.3 Å². The second-order valence-electron chi connectivity index (χ2n) is 3.57. The van der Waals surface area contributed by atoms with E-state index >= 15 is 0 Å². The minimum Gasteiger partial charge on any atom is -0.313 e. The molecule has 0 aliphatic heterocycles. The van der Waals surface area contributed by atoms with E-state index in [1.54, 1.807) is 0 Å². The second kappa shape index (κ2) is 7.57. The van der Waals surface area contributed by atoms with Crippen molar-refractivity contribution in [1.29, 1.82) is 0 Å². The van der Waals surface area contributed by atoms with Gasteiger partial charge < -0.3 is 5.32 Å². The fraction of sp³-hybridized carbons (Fsp3) is 0.462. The van der Waals surface area contributed by atoms with Crippen LogP contribution in [-0.2, 0) is 6.54 Å². The fourth-order valence-electron chi connectivity index (χ4n) is 1.43. The van der Waals surface area contributed by atoms with Crippen molar-refractivity contribution in [1.82, 2.24) is 5.32 Å². The molecular formula is C13H20N. The van der Waals surface area contributed by atoms with Crippen molar-refractivity contribution in [2.75, 3.05) is 6.54 Å². The van der Waals surface area contributed by atoms with Gasteiger partial charge in [-0.15, -0.1) is 0 Å². The molecule has 0 aliphatic rings. The molecule has 1 nitrogen and oxygen atoms in total. The third-order valence-electron chi connectivity index (χ3n) is 2.27. The number of hydrogen-bond acceptors (Lipinski definition) is 1. The van der Waals surface area contributed by atoms with Gasteiger partial charge in [-0.25, -0.2) is 0 Å². The van der Waals surface area contributed by atoms with Crippen LogP contribution < -0.4 is 5.32 Å². The largest absolute Gasteiger partial charge is 0.313 e. The zero-order valence-corrected chi connectivity index (χ0v) is 9.00. The molecule has 1 N–H and O–H groups in total. The molecule has 1 heteroatoms. The monoisotopic (exact) mass is 190 g/mol. The van der Waals surface area contributed by atoms with E-state index in [1.165, 1.54) is 24.8 Å². The average Bonchev–Trinajstić information content (AvgIpc) is 2.25. The average molecular weight is 190 g/mol. The number of rotatable bonds is 7. The first-order chi connectivity index (χ1) is 6.93. The SMILES string of the molecule is C[CH]CCCCNCc1ccccc1. The van der Waals surface area contributed by atoms with E-state index < -0.39 is 0 Å². The predicted molar refractivity (Wildman–Crippen MR) is 62.0 cm³/mol. The molecule has 0 amide bonds. The molecule has 0 unspecified atom stereocenters. The molecule has 1 aromatic rings. The minimum atomic E-state index is 0.997. The summed E-state index contributed by atoms with van der Waals surface area (Å²) in [5.74, 6) is 0. The fourth-order valence-corrected chi connectivity index (χ4v) is 1.43. The van der Waals surface area contributed by atoms with Gasteiger partial charge in [0.25, 0.3) is 0 Å². The van der Waals surface area contributed by atoms with Gasteiger partial charge in [0.05, 0.1) is 0 Å². The molecule has 0 spiro atoms. The second-order valence-corrected chi connectivity index (χ2v) is 3.57. The highest BCUT2D eigenvalue weighted by atomic mass is 14.8. The van der Waals surface area contributed by atoms with Crippen molar-refractivity contribution in [3.63, 3.8) is 0 Å². The highest BCUT2D eigenvalue weighted by molar-refractivity contribution is 5.14. The molecular weight excluding hydrogens is 170 g/mol. The summed E-state index contributed by atoms with van der Waals surface area (Å²) in [5, 5.41) is 3.45. The van der Waals surface area contributed by atoms with Crippen LogP contribution in [-0.4, -0.2) is 6.54 Å². The lowest BCUT2D eigenvalue weighted by Crippen LogP contribution is -2.14. The molecule has 77 valence electrons. The quantitative estimate of drug-likeness (QED) is 0.651. The van der Waals surface area contributed by atoms with E-state index in [0.29, 0.717) is 0 Å². The number of unbranched alkanes of at least 4 members (excludes halogenated alkanes) is 3. The van der Waals surface area contributed by atoms with Crippen LogP contribution in [0.2, 0.25) is 0 Å². The van der Waals surface area contributed by atoms with E-state index in [9.17, 15) is 0 Å². The van der Waals surface area contributed by atoms with Crippen LogP contribution in [0, 0.1) is 6.42 Å². The van der Waals surface area contributed by atoms with Crippen molar-refractivity contribution in [2.24, 2.45) is 0 Å². The van der Waals surface area contributed by atoms with Gasteiger partial charge in [-0.1, -0.05) is 50.1 Å². The first kappa shape index (κ1) is 11.3. The molecule has 0 aromatic heterocycles. The molecule has 0 saturated heterocycles. The minimum absolute atomic E-state index is 0.997. The van der Waals surface area contributed by atoms with Gasteiger partial charge in [0.1, 0.15) is 0 Å². The van der Waals surface area contributed by atoms with Crippen LogP contribution in [0.4, 0.5) is 0 Å². The Morgan fingerprint density at radius 2 is 1.93 bits per heavy atom. The van der Waals surface area contributed by atoms with Gasteiger partial charge in [0, 0.05) is 6.54 Å². The molecule has 0 aliphatic carbocycles. The lowest BCUT2D eigenvalue weighted by molar-refractivity contribution is 0.620. The first-order valence-corrected chi connectivity index (χ1v) is 5.46. The zero-order chi connectivity index (χ0) is 10.1. The molecule has 0 fully saturated rings. The maximum absolute atomic E-state index is 3.45. The Morgan fingerprint density at radius 1 is 1.14 bits per heavy atom. The maximum atomic E-state index is 3.45. The molecule has 1 aromatic carbocycles. The molecule has 0 heterocycles. The van der Waals surface area contributed by atoms with Crippen LogP contribution in [0.5, 0.6) is 0 Å². The summed E-state index contributed by atoms with van der Waals surface area (Å²) in [4.78, 5) is 0. The van der Waals surface area contributed by atoms with Gasteiger partial charge in [-0.3, -0.25) is 0 Å². The molecule has 0 bridgehead atoms. The molecule has 14 heavy (non-hydrogen) atoms. The molecule has 0 atom stereocenters.